The van der Waals surface area contributed by atoms with Crippen LogP contribution < -0.4 is 5.32 Å². The van der Waals surface area contributed by atoms with Crippen LogP contribution in [0.5, 0.6) is 0 Å². The number of nitrogens with zero attached hydrogens (tertiary/aromatic N) is 3. The average molecular weight is 362 g/mol. The van der Waals surface area contributed by atoms with Crippen molar-refractivity contribution in [3.8, 4) is 0 Å². The quantitative estimate of drug-likeness (QED) is 0.730. The van der Waals surface area contributed by atoms with Crippen molar-refractivity contribution in [1.82, 2.24) is 14.9 Å². The highest BCUT2D eigenvalue weighted by molar-refractivity contribution is 7.28. The van der Waals surface area contributed by atoms with Gasteiger partial charge in [0.15, 0.2) is 5.13 Å². The number of aryl methyl sites for hydroxylation is 1. The van der Waals surface area contributed by atoms with E-state index in [0.717, 1.165) is 38.3 Å². The van der Waals surface area contributed by atoms with E-state index in [1.165, 1.54) is 11.3 Å². The number of benzene rings is 1. The number of aliphatic hydroxyl groups is 1. The Morgan fingerprint density at radius 3 is 2.79 bits per heavy atom. The zero-order valence-corrected chi connectivity index (χ0v) is 15.1. The van der Waals surface area contributed by atoms with E-state index in [0.29, 0.717) is 11.7 Å². The Labute approximate surface area is 147 Å². The van der Waals surface area contributed by atoms with E-state index in [1.54, 1.807) is 23.2 Å². The number of thiazole rings is 2. The predicted octanol–water partition coefficient (Wildman–Crippen LogP) is 3.59. The molecule has 2 aromatic heterocycles. The lowest BCUT2D eigenvalue weighted by Crippen LogP contribution is -2.43. The Bertz CT molecular complexity index is 917. The van der Waals surface area contributed by atoms with Crippen LogP contribution in [-0.2, 0) is 0 Å². The van der Waals surface area contributed by atoms with Gasteiger partial charge in [-0.1, -0.05) is 11.3 Å². The topological polar surface area (TPSA) is 78.4 Å². The highest BCUT2D eigenvalue weighted by Crippen LogP contribution is 2.36. The first-order valence-corrected chi connectivity index (χ1v) is 9.58. The Morgan fingerprint density at radius 2 is 2.04 bits per heavy atom. The van der Waals surface area contributed by atoms with Crippen LogP contribution in [0, 0.1) is 6.92 Å². The van der Waals surface area contributed by atoms with Gasteiger partial charge in [0.25, 0.3) is 0 Å². The lowest BCUT2D eigenvalue weighted by atomic mass is 10.1. The van der Waals surface area contributed by atoms with Crippen LogP contribution in [0.15, 0.2) is 12.1 Å². The van der Waals surface area contributed by atoms with Crippen molar-refractivity contribution in [1.29, 1.82) is 0 Å². The Hall–Kier alpha value is -1.77. The summed E-state index contributed by atoms with van der Waals surface area (Å²) in [5, 5.41) is 14.3. The molecule has 2 N–H and O–H groups in total. The van der Waals surface area contributed by atoms with Gasteiger partial charge < -0.3 is 10.0 Å². The van der Waals surface area contributed by atoms with Gasteiger partial charge in [0.05, 0.1) is 37.6 Å². The van der Waals surface area contributed by atoms with Crippen LogP contribution in [0.4, 0.5) is 9.93 Å². The van der Waals surface area contributed by atoms with E-state index in [2.05, 4.69) is 15.3 Å². The van der Waals surface area contributed by atoms with Gasteiger partial charge in [-0.15, -0.1) is 11.3 Å². The minimum absolute atomic E-state index is 0.116. The molecular formula is C16H18N4O2S2. The molecule has 1 aliphatic rings. The minimum Gasteiger partial charge on any atom is -0.391 e. The molecule has 1 saturated heterocycles. The van der Waals surface area contributed by atoms with Gasteiger partial charge in [-0.05, 0) is 38.8 Å². The van der Waals surface area contributed by atoms with E-state index >= 15 is 0 Å². The number of hydrogen-bond acceptors (Lipinski definition) is 6. The molecule has 3 heterocycles. The largest absolute Gasteiger partial charge is 0.391 e. The summed E-state index contributed by atoms with van der Waals surface area (Å²) in [5.41, 5.74) is 1.85. The van der Waals surface area contributed by atoms with Crippen molar-refractivity contribution in [2.45, 2.75) is 38.8 Å². The number of rotatable bonds is 2. The molecule has 0 bridgehead atoms. The van der Waals surface area contributed by atoms with Crippen molar-refractivity contribution in [2.24, 2.45) is 0 Å². The van der Waals surface area contributed by atoms with Gasteiger partial charge >= 0.3 is 6.03 Å². The number of anilines is 1. The van der Waals surface area contributed by atoms with Gasteiger partial charge in [0.2, 0.25) is 0 Å². The molecule has 126 valence electrons. The van der Waals surface area contributed by atoms with Crippen molar-refractivity contribution in [2.75, 3.05) is 11.9 Å². The standard InChI is InChI=1S/C16H18N4O2S2/c1-8(21)12-4-3-7-20(12)16(22)19-15-18-11-6-5-10-13(14(11)24-15)23-9(2)17-10/h5-6,8,12,21H,3-4,7H2,1-2H3,(H,18,19,22)/t8?,12-/m0/s1. The second kappa shape index (κ2) is 5.94. The summed E-state index contributed by atoms with van der Waals surface area (Å²) in [6.45, 7) is 4.39. The van der Waals surface area contributed by atoms with Crippen LogP contribution >= 0.6 is 22.7 Å². The Balaban J connectivity index is 1.62. The molecule has 1 unspecified atom stereocenters. The van der Waals surface area contributed by atoms with Gasteiger partial charge in [-0.3, -0.25) is 5.32 Å². The molecule has 0 spiro atoms. The molecule has 2 amide bonds. The molecule has 0 radical (unpaired) electrons. The molecule has 1 aliphatic heterocycles. The number of urea groups is 1. The molecule has 0 aliphatic carbocycles. The Kier molecular flexibility index (Phi) is 3.90. The van der Waals surface area contributed by atoms with Gasteiger partial charge in [-0.25, -0.2) is 14.8 Å². The van der Waals surface area contributed by atoms with E-state index in [9.17, 15) is 9.90 Å². The maximum absolute atomic E-state index is 12.5. The summed E-state index contributed by atoms with van der Waals surface area (Å²) in [6, 6.07) is 3.61. The summed E-state index contributed by atoms with van der Waals surface area (Å²) < 4.78 is 2.17. The molecule has 1 aromatic carbocycles. The van der Waals surface area contributed by atoms with E-state index < -0.39 is 6.10 Å². The van der Waals surface area contributed by atoms with Crippen molar-refractivity contribution in [3.05, 3.63) is 17.1 Å². The number of fused-ring (bicyclic) bond motifs is 3. The third-order valence-corrected chi connectivity index (χ3v) is 6.49. The fraction of sp³-hybridized carbons (Fsp3) is 0.438. The number of amides is 2. The zero-order valence-electron chi connectivity index (χ0n) is 13.4. The number of carbonyl (C=O) groups excluding carboxylic acids is 1. The predicted molar refractivity (Wildman–Crippen MR) is 98.0 cm³/mol. The van der Waals surface area contributed by atoms with Crippen LogP contribution in [0.25, 0.3) is 20.4 Å². The first-order valence-electron chi connectivity index (χ1n) is 7.95. The first kappa shape index (κ1) is 15.7. The highest BCUT2D eigenvalue weighted by atomic mass is 32.1. The van der Waals surface area contributed by atoms with Crippen molar-refractivity contribution in [3.63, 3.8) is 0 Å². The number of carbonyl (C=O) groups is 1. The van der Waals surface area contributed by atoms with Crippen molar-refractivity contribution < 1.29 is 9.90 Å². The molecule has 8 heteroatoms. The third kappa shape index (κ3) is 2.64. The maximum Gasteiger partial charge on any atom is 0.323 e. The monoisotopic (exact) mass is 362 g/mol. The van der Waals surface area contributed by atoms with Crippen LogP contribution in [-0.4, -0.2) is 44.7 Å². The average Bonchev–Trinajstić information content (AvgIpc) is 3.21. The molecular weight excluding hydrogens is 344 g/mol. The van der Waals surface area contributed by atoms with Crippen LogP contribution in [0.2, 0.25) is 0 Å². The third-order valence-electron chi connectivity index (χ3n) is 4.35. The smallest absolute Gasteiger partial charge is 0.323 e. The summed E-state index contributed by atoms with van der Waals surface area (Å²) in [7, 11) is 0. The van der Waals surface area contributed by atoms with E-state index in [4.69, 9.17) is 0 Å². The number of likely N-dealkylation sites (tertiary alicyclic amines) is 1. The van der Waals surface area contributed by atoms with Crippen molar-refractivity contribution >= 4 is 54.3 Å². The number of aliphatic hydroxyl groups excluding tert-OH is 1. The van der Waals surface area contributed by atoms with Crippen LogP contribution in [0.3, 0.4) is 0 Å². The molecule has 1 fully saturated rings. The second-order valence-corrected chi connectivity index (χ2v) is 8.29. The molecule has 4 rings (SSSR count). The fourth-order valence-electron chi connectivity index (χ4n) is 3.25. The summed E-state index contributed by atoms with van der Waals surface area (Å²) in [6.07, 6.45) is 1.24. The van der Waals surface area contributed by atoms with Crippen LogP contribution in [0.1, 0.15) is 24.8 Å². The first-order chi connectivity index (χ1) is 11.5. The molecule has 0 saturated carbocycles. The lowest BCUT2D eigenvalue weighted by molar-refractivity contribution is 0.103. The number of aromatic nitrogens is 2. The van der Waals surface area contributed by atoms with E-state index in [1.807, 2.05) is 19.1 Å². The molecule has 24 heavy (non-hydrogen) atoms. The second-order valence-electron chi connectivity index (χ2n) is 6.09. The lowest BCUT2D eigenvalue weighted by Gasteiger charge is -2.26. The fourth-order valence-corrected chi connectivity index (χ4v) is 5.24. The SMILES string of the molecule is Cc1nc2ccc3nc(NC(=O)N4CCC[C@H]4C(C)O)sc3c2s1. The van der Waals surface area contributed by atoms with Gasteiger partial charge in [-0.2, -0.15) is 0 Å². The maximum atomic E-state index is 12.5. The minimum atomic E-state index is -0.520. The molecule has 2 atom stereocenters. The number of hydrogen-bond donors (Lipinski definition) is 2. The normalized spacial score (nSPS) is 19.3. The molecule has 6 nitrogen and oxygen atoms in total. The van der Waals surface area contributed by atoms with Gasteiger partial charge in [0, 0.05) is 6.54 Å². The van der Waals surface area contributed by atoms with Gasteiger partial charge in [0.1, 0.15) is 0 Å². The van der Waals surface area contributed by atoms with E-state index in [-0.39, 0.29) is 12.1 Å². The summed E-state index contributed by atoms with van der Waals surface area (Å²) in [4.78, 5) is 23.3. The molecule has 3 aromatic rings. The summed E-state index contributed by atoms with van der Waals surface area (Å²) >= 11 is 3.12. The Morgan fingerprint density at radius 1 is 1.33 bits per heavy atom. The zero-order chi connectivity index (χ0) is 16.8. The number of nitrogens with one attached hydrogen (secondary N) is 1. The highest BCUT2D eigenvalue weighted by Gasteiger charge is 2.32. The summed E-state index contributed by atoms with van der Waals surface area (Å²) in [5.74, 6) is 0.